The fourth-order valence-corrected chi connectivity index (χ4v) is 6.30. The zero-order valence-electron chi connectivity index (χ0n) is 13.5. The summed E-state index contributed by atoms with van der Waals surface area (Å²) in [6.45, 7) is 2.26. The Bertz CT molecular complexity index is 780. The number of nitriles is 1. The van der Waals surface area contributed by atoms with Crippen LogP contribution in [0.3, 0.4) is 0 Å². The van der Waals surface area contributed by atoms with E-state index in [-0.39, 0.29) is 11.5 Å². The highest BCUT2D eigenvalue weighted by Crippen LogP contribution is 2.64. The molecule has 3 fully saturated rings. The van der Waals surface area contributed by atoms with Gasteiger partial charge in [0.25, 0.3) is 0 Å². The lowest BCUT2D eigenvalue weighted by atomic mass is 9.51. The molecule has 5 nitrogen and oxygen atoms in total. The molecule has 2 spiro atoms. The summed E-state index contributed by atoms with van der Waals surface area (Å²) in [5.74, 6) is 0.724. The third kappa shape index (κ3) is 1.35. The summed E-state index contributed by atoms with van der Waals surface area (Å²) in [7, 11) is 0. The number of nitrogens with one attached hydrogen (secondary N) is 1. The van der Waals surface area contributed by atoms with Crippen molar-refractivity contribution in [2.24, 2.45) is 5.92 Å². The Balaban J connectivity index is 1.64. The minimum absolute atomic E-state index is 0.0612. The molecule has 2 aliphatic carbocycles. The summed E-state index contributed by atoms with van der Waals surface area (Å²) >= 11 is 0. The molecule has 4 unspecified atom stereocenters. The van der Waals surface area contributed by atoms with Crippen LogP contribution in [0.4, 0.5) is 0 Å². The van der Waals surface area contributed by atoms with Crippen molar-refractivity contribution in [1.82, 2.24) is 5.32 Å². The molecule has 3 aliphatic heterocycles. The highest BCUT2D eigenvalue weighted by molar-refractivity contribution is 5.61. The fraction of sp³-hybridized carbons (Fsp3) is 0.632. The van der Waals surface area contributed by atoms with Crippen molar-refractivity contribution in [3.05, 3.63) is 28.8 Å². The second kappa shape index (κ2) is 4.32. The van der Waals surface area contributed by atoms with Gasteiger partial charge in [-0.3, -0.25) is 0 Å². The maximum Gasteiger partial charge on any atom is 0.206 e. The highest BCUT2D eigenvalue weighted by atomic mass is 16.8. The molecule has 24 heavy (non-hydrogen) atoms. The molecule has 1 N–H and O–H groups in total. The number of benzene rings is 1. The molecule has 5 heteroatoms. The summed E-state index contributed by atoms with van der Waals surface area (Å²) in [6.07, 6.45) is 3.91. The van der Waals surface area contributed by atoms with Crippen LogP contribution in [0.5, 0.6) is 5.75 Å². The average Bonchev–Trinajstić information content (AvgIpc) is 3.19. The molecule has 1 aromatic rings. The quantitative estimate of drug-likeness (QED) is 0.786. The van der Waals surface area contributed by atoms with Crippen LogP contribution in [0.25, 0.3) is 0 Å². The van der Waals surface area contributed by atoms with Crippen LogP contribution < -0.4 is 10.1 Å². The first-order chi connectivity index (χ1) is 11.8. The van der Waals surface area contributed by atoms with E-state index in [0.29, 0.717) is 30.7 Å². The maximum absolute atomic E-state index is 9.58. The van der Waals surface area contributed by atoms with Gasteiger partial charge < -0.3 is 19.5 Å². The van der Waals surface area contributed by atoms with Gasteiger partial charge in [-0.1, -0.05) is 6.07 Å². The average molecular weight is 324 g/mol. The summed E-state index contributed by atoms with van der Waals surface area (Å²) in [5, 5.41) is 13.3. The largest absolute Gasteiger partial charge is 0.482 e. The Morgan fingerprint density at radius 2 is 2.08 bits per heavy atom. The van der Waals surface area contributed by atoms with Gasteiger partial charge in [0.05, 0.1) is 18.8 Å². The SMILES string of the molecule is N#Cc1ccc2c3c1OC1C4(CCC5C(C2)NCCC351)OCCO4. The molecule has 0 aromatic heterocycles. The topological polar surface area (TPSA) is 63.5 Å². The van der Waals surface area contributed by atoms with Gasteiger partial charge in [0, 0.05) is 23.4 Å². The van der Waals surface area contributed by atoms with Crippen molar-refractivity contribution in [2.45, 2.75) is 49.0 Å². The van der Waals surface area contributed by atoms with E-state index in [1.54, 1.807) is 0 Å². The van der Waals surface area contributed by atoms with Gasteiger partial charge in [-0.15, -0.1) is 0 Å². The van der Waals surface area contributed by atoms with E-state index in [0.717, 1.165) is 38.0 Å². The molecule has 124 valence electrons. The smallest absolute Gasteiger partial charge is 0.206 e. The number of ether oxygens (including phenoxy) is 3. The van der Waals surface area contributed by atoms with Gasteiger partial charge in [0.15, 0.2) is 6.10 Å². The first-order valence-electron chi connectivity index (χ1n) is 9.03. The van der Waals surface area contributed by atoms with Crippen molar-refractivity contribution in [3.63, 3.8) is 0 Å². The van der Waals surface area contributed by atoms with E-state index in [4.69, 9.17) is 14.2 Å². The third-order valence-electron chi connectivity index (χ3n) is 7.05. The molecule has 2 saturated heterocycles. The molecule has 6 rings (SSSR count). The van der Waals surface area contributed by atoms with Crippen LogP contribution in [0, 0.1) is 17.2 Å². The van der Waals surface area contributed by atoms with Crippen LogP contribution in [0.2, 0.25) is 0 Å². The van der Waals surface area contributed by atoms with Crippen molar-refractivity contribution >= 4 is 0 Å². The number of rotatable bonds is 0. The van der Waals surface area contributed by atoms with E-state index >= 15 is 0 Å². The predicted octanol–water partition coefficient (Wildman–Crippen LogP) is 1.63. The number of nitrogens with zero attached hydrogens (tertiary/aromatic N) is 1. The first kappa shape index (κ1) is 13.7. The van der Waals surface area contributed by atoms with Crippen LogP contribution in [0.15, 0.2) is 12.1 Å². The summed E-state index contributed by atoms with van der Waals surface area (Å²) in [6, 6.07) is 6.88. The maximum atomic E-state index is 9.58. The molecule has 1 saturated carbocycles. The minimum atomic E-state index is -0.626. The molecular formula is C19H20N2O3. The molecule has 5 aliphatic rings. The molecular weight excluding hydrogens is 304 g/mol. The minimum Gasteiger partial charge on any atom is -0.482 e. The fourth-order valence-electron chi connectivity index (χ4n) is 6.30. The van der Waals surface area contributed by atoms with Gasteiger partial charge in [-0.25, -0.2) is 0 Å². The number of hydrogen-bond donors (Lipinski definition) is 1. The Kier molecular flexibility index (Phi) is 2.46. The van der Waals surface area contributed by atoms with E-state index < -0.39 is 5.79 Å². The van der Waals surface area contributed by atoms with E-state index in [1.807, 2.05) is 6.07 Å². The van der Waals surface area contributed by atoms with E-state index in [9.17, 15) is 5.26 Å². The van der Waals surface area contributed by atoms with E-state index in [1.165, 1.54) is 11.1 Å². The van der Waals surface area contributed by atoms with Gasteiger partial charge in [-0.05, 0) is 43.4 Å². The first-order valence-corrected chi connectivity index (χ1v) is 9.03. The van der Waals surface area contributed by atoms with Crippen molar-refractivity contribution in [2.75, 3.05) is 19.8 Å². The van der Waals surface area contributed by atoms with Crippen LogP contribution in [0.1, 0.15) is 36.0 Å². The summed E-state index contributed by atoms with van der Waals surface area (Å²) < 4.78 is 18.8. The Morgan fingerprint density at radius 3 is 2.92 bits per heavy atom. The standard InChI is InChI=1S/C19H20N2O3/c20-10-12-2-1-11-9-14-13-3-4-19(22-7-8-23-19)17-18(13,5-6-21-14)15(11)16(12)24-17/h1-2,13-14,17,21H,3-9H2. The zero-order chi connectivity index (χ0) is 15.9. The third-order valence-corrected chi connectivity index (χ3v) is 7.05. The van der Waals surface area contributed by atoms with Gasteiger partial charge in [0.1, 0.15) is 11.8 Å². The van der Waals surface area contributed by atoms with Gasteiger partial charge in [0.2, 0.25) is 5.79 Å². The second-order valence-electron chi connectivity index (χ2n) is 7.80. The Morgan fingerprint density at radius 1 is 1.21 bits per heavy atom. The van der Waals surface area contributed by atoms with E-state index in [2.05, 4.69) is 17.5 Å². The lowest BCUT2D eigenvalue weighted by molar-refractivity contribution is -0.256. The Labute approximate surface area is 140 Å². The van der Waals surface area contributed by atoms with Crippen molar-refractivity contribution in [3.8, 4) is 11.8 Å². The Hall–Kier alpha value is -1.61. The van der Waals surface area contributed by atoms with Crippen LogP contribution >= 0.6 is 0 Å². The molecule has 0 amide bonds. The summed E-state index contributed by atoms with van der Waals surface area (Å²) in [5.41, 5.74) is 3.23. The second-order valence-corrected chi connectivity index (χ2v) is 7.80. The lowest BCUT2D eigenvalue weighted by Gasteiger charge is -2.58. The molecule has 2 bridgehead atoms. The van der Waals surface area contributed by atoms with Crippen molar-refractivity contribution in [1.29, 1.82) is 5.26 Å². The molecule has 3 heterocycles. The number of hydrogen-bond acceptors (Lipinski definition) is 5. The zero-order valence-corrected chi connectivity index (χ0v) is 13.5. The van der Waals surface area contributed by atoms with Gasteiger partial charge in [-0.2, -0.15) is 5.26 Å². The van der Waals surface area contributed by atoms with Crippen LogP contribution in [-0.4, -0.2) is 37.7 Å². The molecule has 0 radical (unpaired) electrons. The molecule has 4 atom stereocenters. The number of piperidine rings is 1. The van der Waals surface area contributed by atoms with Crippen molar-refractivity contribution < 1.29 is 14.2 Å². The monoisotopic (exact) mass is 324 g/mol. The molecule has 1 aromatic carbocycles. The lowest BCUT2D eigenvalue weighted by Crippen LogP contribution is -2.69. The summed E-state index contributed by atoms with van der Waals surface area (Å²) in [4.78, 5) is 0. The van der Waals surface area contributed by atoms with Crippen LogP contribution in [-0.2, 0) is 21.3 Å². The predicted molar refractivity (Wildman–Crippen MR) is 84.7 cm³/mol. The number of fused-ring (bicyclic) bond motifs is 1. The normalized spacial score (nSPS) is 40.0. The highest BCUT2D eigenvalue weighted by Gasteiger charge is 2.70. The van der Waals surface area contributed by atoms with Gasteiger partial charge >= 0.3 is 0 Å².